The number of hydrogen-bond donors (Lipinski definition) is 1. The van der Waals surface area contributed by atoms with Crippen LogP contribution in [0.1, 0.15) is 0 Å². The predicted molar refractivity (Wildman–Crippen MR) is 119 cm³/mol. The van der Waals surface area contributed by atoms with E-state index in [9.17, 15) is 0 Å². The number of fused-ring (bicyclic) bond motifs is 1. The summed E-state index contributed by atoms with van der Waals surface area (Å²) in [5.41, 5.74) is 7.29. The van der Waals surface area contributed by atoms with E-state index in [2.05, 4.69) is 15.0 Å². The van der Waals surface area contributed by atoms with Gasteiger partial charge in [-0.25, -0.2) is 15.0 Å². The fourth-order valence-electron chi connectivity index (χ4n) is 2.84. The van der Waals surface area contributed by atoms with Crippen molar-refractivity contribution in [3.63, 3.8) is 0 Å². The van der Waals surface area contributed by atoms with Gasteiger partial charge in [-0.15, -0.1) is 0 Å². The highest BCUT2D eigenvalue weighted by molar-refractivity contribution is 7.99. The predicted octanol–water partition coefficient (Wildman–Crippen LogP) is 4.31. The summed E-state index contributed by atoms with van der Waals surface area (Å²) < 4.78 is 13.6. The zero-order chi connectivity index (χ0) is 20.8. The van der Waals surface area contributed by atoms with E-state index in [-0.39, 0.29) is 0 Å². The molecule has 2 aromatic heterocycles. The van der Waals surface area contributed by atoms with Gasteiger partial charge in [0, 0.05) is 10.8 Å². The molecule has 0 saturated carbocycles. The van der Waals surface area contributed by atoms with Gasteiger partial charge in [0.05, 0.1) is 13.2 Å². The van der Waals surface area contributed by atoms with Crippen molar-refractivity contribution in [3.05, 3.63) is 65.9 Å². The Morgan fingerprint density at radius 2 is 1.67 bits per heavy atom. The second-order valence-corrected chi connectivity index (χ2v) is 7.79. The van der Waals surface area contributed by atoms with E-state index in [1.807, 2.05) is 47.0 Å². The van der Waals surface area contributed by atoms with Gasteiger partial charge < -0.3 is 19.8 Å². The van der Waals surface area contributed by atoms with Gasteiger partial charge in [-0.1, -0.05) is 41.6 Å². The maximum atomic E-state index is 6.00. The van der Waals surface area contributed by atoms with Gasteiger partial charge >= 0.3 is 0 Å². The van der Waals surface area contributed by atoms with Crippen LogP contribution >= 0.6 is 23.4 Å². The van der Waals surface area contributed by atoms with Crippen molar-refractivity contribution < 1.29 is 9.47 Å². The fourth-order valence-corrected chi connectivity index (χ4v) is 3.81. The molecule has 0 aliphatic rings. The molecular formula is C21H20ClN5O2S. The molecule has 9 heteroatoms. The maximum Gasteiger partial charge on any atom is 0.170 e. The third kappa shape index (κ3) is 4.95. The lowest BCUT2D eigenvalue weighted by atomic mass is 10.3. The maximum absolute atomic E-state index is 6.00. The van der Waals surface area contributed by atoms with Crippen LogP contribution in [0.15, 0.2) is 66.1 Å². The number of imidazole rings is 1. The van der Waals surface area contributed by atoms with Gasteiger partial charge in [0.25, 0.3) is 0 Å². The molecule has 7 nitrogen and oxygen atoms in total. The van der Waals surface area contributed by atoms with Crippen LogP contribution in [-0.4, -0.2) is 38.5 Å². The number of hydrogen-bond acceptors (Lipinski definition) is 7. The van der Waals surface area contributed by atoms with Crippen molar-refractivity contribution in [2.75, 3.05) is 24.7 Å². The van der Waals surface area contributed by atoms with Crippen LogP contribution in [0.4, 0.5) is 5.82 Å². The van der Waals surface area contributed by atoms with E-state index in [0.717, 1.165) is 16.7 Å². The summed E-state index contributed by atoms with van der Waals surface area (Å²) >= 11 is 7.47. The lowest BCUT2D eigenvalue weighted by molar-refractivity contribution is 0.295. The molecule has 0 radical (unpaired) electrons. The molecule has 0 amide bonds. The second-order valence-electron chi connectivity index (χ2n) is 6.29. The van der Waals surface area contributed by atoms with Gasteiger partial charge in [-0.2, -0.15) is 0 Å². The average Bonchev–Trinajstić information content (AvgIpc) is 3.12. The molecule has 154 valence electrons. The minimum atomic E-state index is 0.363. The summed E-state index contributed by atoms with van der Waals surface area (Å²) in [6, 6.07) is 17.0. The van der Waals surface area contributed by atoms with E-state index in [1.165, 1.54) is 6.33 Å². The standard InChI is InChI=1S/C21H20ClN5O2S/c22-15-6-8-17(9-7-15)29-12-13-30-21-26-18-19(23)24-14-25-20(18)27(21)10-11-28-16-4-2-1-3-5-16/h1-9,14H,10-13H2,(H2,23,24,25). The van der Waals surface area contributed by atoms with Crippen molar-refractivity contribution in [2.45, 2.75) is 11.7 Å². The molecular weight excluding hydrogens is 422 g/mol. The molecule has 0 aliphatic carbocycles. The van der Waals surface area contributed by atoms with Crippen LogP contribution in [0.25, 0.3) is 11.2 Å². The summed E-state index contributed by atoms with van der Waals surface area (Å²) in [5.74, 6) is 2.67. The van der Waals surface area contributed by atoms with Gasteiger partial charge in [0.1, 0.15) is 24.4 Å². The fraction of sp³-hybridized carbons (Fsp3) is 0.190. The summed E-state index contributed by atoms with van der Waals surface area (Å²) in [7, 11) is 0. The van der Waals surface area contributed by atoms with E-state index < -0.39 is 0 Å². The van der Waals surface area contributed by atoms with Crippen molar-refractivity contribution in [3.8, 4) is 11.5 Å². The van der Waals surface area contributed by atoms with E-state index in [4.69, 9.17) is 26.8 Å². The number of para-hydroxylation sites is 1. The molecule has 0 fully saturated rings. The molecule has 0 aliphatic heterocycles. The van der Waals surface area contributed by atoms with Crippen LogP contribution in [0.2, 0.25) is 5.02 Å². The minimum Gasteiger partial charge on any atom is -0.493 e. The highest BCUT2D eigenvalue weighted by Crippen LogP contribution is 2.25. The van der Waals surface area contributed by atoms with Crippen molar-refractivity contribution >= 4 is 40.3 Å². The molecule has 0 unspecified atom stereocenters. The Balaban J connectivity index is 1.42. The number of thioether (sulfide) groups is 1. The first-order valence-corrected chi connectivity index (χ1v) is 10.7. The Morgan fingerprint density at radius 3 is 2.47 bits per heavy atom. The Kier molecular flexibility index (Phi) is 6.56. The molecule has 0 spiro atoms. The lowest BCUT2D eigenvalue weighted by Gasteiger charge is -2.10. The van der Waals surface area contributed by atoms with E-state index in [0.29, 0.717) is 47.5 Å². The Hall–Kier alpha value is -2.97. The summed E-state index contributed by atoms with van der Waals surface area (Å²) in [6.45, 7) is 1.59. The smallest absolute Gasteiger partial charge is 0.170 e. The van der Waals surface area contributed by atoms with Gasteiger partial charge in [0.15, 0.2) is 22.1 Å². The van der Waals surface area contributed by atoms with Gasteiger partial charge in [0.2, 0.25) is 0 Å². The van der Waals surface area contributed by atoms with Crippen molar-refractivity contribution in [1.82, 2.24) is 19.5 Å². The zero-order valence-electron chi connectivity index (χ0n) is 16.1. The summed E-state index contributed by atoms with van der Waals surface area (Å²) in [5, 5.41) is 1.48. The number of aromatic nitrogens is 4. The first-order valence-electron chi connectivity index (χ1n) is 9.36. The highest BCUT2D eigenvalue weighted by atomic mass is 35.5. The molecule has 4 rings (SSSR count). The van der Waals surface area contributed by atoms with Crippen molar-refractivity contribution in [1.29, 1.82) is 0 Å². The Morgan fingerprint density at radius 1 is 0.933 bits per heavy atom. The molecule has 0 atom stereocenters. The second kappa shape index (κ2) is 9.69. The number of anilines is 1. The summed E-state index contributed by atoms with van der Waals surface area (Å²) in [6.07, 6.45) is 1.45. The molecule has 4 aromatic rings. The third-order valence-corrected chi connectivity index (χ3v) is 5.44. The Labute approximate surface area is 183 Å². The number of benzene rings is 2. The SMILES string of the molecule is Nc1ncnc2c1nc(SCCOc1ccc(Cl)cc1)n2CCOc1ccccc1. The Bertz CT molecular complexity index is 1110. The van der Waals surface area contributed by atoms with Gasteiger partial charge in [-0.3, -0.25) is 0 Å². The van der Waals surface area contributed by atoms with Gasteiger partial charge in [-0.05, 0) is 36.4 Å². The topological polar surface area (TPSA) is 88.1 Å². The van der Waals surface area contributed by atoms with Crippen LogP contribution in [0.3, 0.4) is 0 Å². The normalized spacial score (nSPS) is 11.0. The number of rotatable bonds is 9. The monoisotopic (exact) mass is 441 g/mol. The number of halogens is 1. The molecule has 2 N–H and O–H groups in total. The number of nitrogens with two attached hydrogens (primary N) is 1. The molecule has 0 saturated heterocycles. The average molecular weight is 442 g/mol. The van der Waals surface area contributed by atoms with Crippen LogP contribution < -0.4 is 15.2 Å². The number of nitrogens with zero attached hydrogens (tertiary/aromatic N) is 4. The minimum absolute atomic E-state index is 0.363. The lowest BCUT2D eigenvalue weighted by Crippen LogP contribution is -2.10. The first-order chi connectivity index (χ1) is 14.7. The van der Waals surface area contributed by atoms with Crippen LogP contribution in [0, 0.1) is 0 Å². The largest absolute Gasteiger partial charge is 0.493 e. The third-order valence-electron chi connectivity index (χ3n) is 4.25. The van der Waals surface area contributed by atoms with Crippen LogP contribution in [0.5, 0.6) is 11.5 Å². The number of ether oxygens (including phenoxy) is 2. The molecule has 2 heterocycles. The first kappa shape index (κ1) is 20.3. The van der Waals surface area contributed by atoms with E-state index in [1.54, 1.807) is 23.9 Å². The number of nitrogen functional groups attached to an aromatic ring is 1. The zero-order valence-corrected chi connectivity index (χ0v) is 17.6. The molecule has 30 heavy (non-hydrogen) atoms. The van der Waals surface area contributed by atoms with Crippen LogP contribution in [-0.2, 0) is 6.54 Å². The summed E-state index contributed by atoms with van der Waals surface area (Å²) in [4.78, 5) is 13.1. The molecule has 2 aromatic carbocycles. The van der Waals surface area contributed by atoms with E-state index >= 15 is 0 Å². The molecule has 0 bridgehead atoms. The highest BCUT2D eigenvalue weighted by Gasteiger charge is 2.15. The quantitative estimate of drug-likeness (QED) is 0.306. The van der Waals surface area contributed by atoms with Crippen molar-refractivity contribution in [2.24, 2.45) is 0 Å².